The molecule has 0 saturated heterocycles. The minimum absolute atomic E-state index is 0. The van der Waals surface area contributed by atoms with Crippen LogP contribution in [0, 0.1) is 7.43 Å². The maximum absolute atomic E-state index is 8.89. The Morgan fingerprint density at radius 2 is 1.24 bits per heavy atom. The van der Waals surface area contributed by atoms with E-state index in [-0.39, 0.29) is 7.43 Å². The summed E-state index contributed by atoms with van der Waals surface area (Å²) in [7, 11) is 0. The molecule has 25 heavy (non-hydrogen) atoms. The van der Waals surface area contributed by atoms with Gasteiger partial charge in [0.15, 0.2) is 0 Å². The standard InChI is InChI=1S/C6H8N2.4C2H4O2.C/c1-2-3-6-7-4-5-8-6;4*1-2(3)4;/h2,4-5H,1,3H2,(H,7,8);4*1H3,(H,3,4);/q;;;;;+4/p-4. The zero-order valence-electron chi connectivity index (χ0n) is 14.4. The summed E-state index contributed by atoms with van der Waals surface area (Å²) in [5, 5.41) is 35.6. The first-order valence-electron chi connectivity index (χ1n) is 6.16. The number of imidazole rings is 1. The minimum atomic E-state index is -1.08. The van der Waals surface area contributed by atoms with E-state index in [4.69, 9.17) is 39.6 Å². The molecule has 1 aromatic heterocycles. The van der Waals surface area contributed by atoms with E-state index in [9.17, 15) is 0 Å². The van der Waals surface area contributed by atoms with Crippen LogP contribution in [-0.4, -0.2) is 33.8 Å². The molecule has 0 spiro atoms. The molecule has 0 atom stereocenters. The number of aliphatic carboxylic acids is 4. The maximum Gasteiger partial charge on any atom is 4.00 e. The number of carboxylic acids is 4. The van der Waals surface area contributed by atoms with Gasteiger partial charge >= 0.3 is 7.43 Å². The molecule has 10 nitrogen and oxygen atoms in total. The van der Waals surface area contributed by atoms with Gasteiger partial charge in [-0.05, 0) is 27.7 Å². The van der Waals surface area contributed by atoms with Crippen LogP contribution < -0.4 is 20.4 Å². The average molecular weight is 356 g/mol. The monoisotopic (exact) mass is 356 g/mol. The molecule has 1 aromatic rings. The predicted octanol–water partition coefficient (Wildman–Crippen LogP) is -3.76. The molecule has 1 N–H and O–H groups in total. The first-order valence-corrected chi connectivity index (χ1v) is 6.16. The average Bonchev–Trinajstić information content (AvgIpc) is 2.79. The summed E-state index contributed by atoms with van der Waals surface area (Å²) >= 11 is 0. The van der Waals surface area contributed by atoms with Crippen LogP contribution in [0.4, 0.5) is 0 Å². The number of nitrogens with zero attached hydrogens (tertiary/aromatic N) is 1. The van der Waals surface area contributed by atoms with Crippen molar-refractivity contribution in [1.82, 2.24) is 9.97 Å². The van der Waals surface area contributed by atoms with Gasteiger partial charge in [-0.15, -0.1) is 6.58 Å². The first-order chi connectivity index (χ1) is 10.9. The van der Waals surface area contributed by atoms with Gasteiger partial charge in [0, 0.05) is 42.7 Å². The summed E-state index contributed by atoms with van der Waals surface area (Å²) in [6.07, 6.45) is 6.18. The van der Waals surface area contributed by atoms with E-state index in [1.807, 2.05) is 6.08 Å². The molecule has 0 saturated carbocycles. The third-order valence-corrected chi connectivity index (χ3v) is 0.893. The second-order valence-corrected chi connectivity index (χ2v) is 3.49. The van der Waals surface area contributed by atoms with Crippen LogP contribution in [0.25, 0.3) is 0 Å². The van der Waals surface area contributed by atoms with Gasteiger partial charge in [-0.3, -0.25) is 0 Å². The maximum atomic E-state index is 8.89. The van der Waals surface area contributed by atoms with Gasteiger partial charge in [0.25, 0.3) is 0 Å². The van der Waals surface area contributed by atoms with Crippen LogP contribution in [0.2, 0.25) is 0 Å². The molecule has 138 valence electrons. The van der Waals surface area contributed by atoms with Crippen molar-refractivity contribution in [2.24, 2.45) is 0 Å². The van der Waals surface area contributed by atoms with Crippen LogP contribution in [0.15, 0.2) is 25.0 Å². The molecule has 0 unspecified atom stereocenters. The largest absolute Gasteiger partial charge is 4.00 e. The molecule has 0 aliphatic carbocycles. The molecule has 0 aliphatic heterocycles. The van der Waals surface area contributed by atoms with E-state index in [0.717, 1.165) is 39.9 Å². The van der Waals surface area contributed by atoms with Gasteiger partial charge in [-0.1, -0.05) is 6.08 Å². The SMILES string of the molecule is C=CCc1ncc[nH]1.CC(=O)[O-].CC(=O)[O-].CC(=O)[O-].CC(=O)[O-].[C+4]. The van der Waals surface area contributed by atoms with Crippen molar-refractivity contribution >= 4 is 23.9 Å². The van der Waals surface area contributed by atoms with Crippen LogP contribution in [0.1, 0.15) is 33.5 Å². The van der Waals surface area contributed by atoms with Crippen molar-refractivity contribution in [3.63, 3.8) is 0 Å². The molecule has 1 heterocycles. The fourth-order valence-corrected chi connectivity index (χ4v) is 0.546. The number of H-pyrrole nitrogens is 1. The van der Waals surface area contributed by atoms with Crippen molar-refractivity contribution in [3.8, 4) is 0 Å². The number of allylic oxidation sites excluding steroid dienone is 1. The van der Waals surface area contributed by atoms with E-state index in [1.165, 1.54) is 0 Å². The Balaban J connectivity index is -0.0000000695. The fraction of sp³-hybridized carbons (Fsp3) is 0.333. The normalized spacial score (nSPS) is 6.88. The molecule has 10 heteroatoms. The number of hydrogen-bond acceptors (Lipinski definition) is 9. The van der Waals surface area contributed by atoms with Crippen molar-refractivity contribution in [3.05, 3.63) is 38.3 Å². The van der Waals surface area contributed by atoms with E-state index in [1.54, 1.807) is 12.4 Å². The number of rotatable bonds is 2. The summed E-state index contributed by atoms with van der Waals surface area (Å²) in [5.74, 6) is -3.36. The number of nitrogens with one attached hydrogen (secondary N) is 1. The van der Waals surface area contributed by atoms with Gasteiger partial charge in [0.2, 0.25) is 0 Å². The second-order valence-electron chi connectivity index (χ2n) is 3.49. The molecule has 0 aliphatic rings. The first kappa shape index (κ1) is 33.4. The third-order valence-electron chi connectivity index (χ3n) is 0.893. The Kier molecular flexibility index (Phi) is 34.5. The molecule has 0 radical (unpaired) electrons. The molecular weight excluding hydrogens is 336 g/mol. The number of aromatic nitrogens is 2. The van der Waals surface area contributed by atoms with E-state index >= 15 is 0 Å². The molecule has 0 amide bonds. The number of carbonyl (C=O) groups excluding carboxylic acids is 4. The fourth-order valence-electron chi connectivity index (χ4n) is 0.546. The van der Waals surface area contributed by atoms with Gasteiger partial charge in [0.05, 0.1) is 0 Å². The molecular formula is C15H20N2O8. The van der Waals surface area contributed by atoms with E-state index in [2.05, 4.69) is 16.5 Å². The number of carbonyl (C=O) groups is 4. The molecule has 0 fully saturated rings. The molecule has 1 rings (SSSR count). The minimum Gasteiger partial charge on any atom is -0.550 e. The van der Waals surface area contributed by atoms with Crippen LogP contribution in [0.3, 0.4) is 0 Å². The van der Waals surface area contributed by atoms with E-state index in [0.29, 0.717) is 0 Å². The Hall–Kier alpha value is -3.17. The number of carboxylic acid groups (broad SMARTS) is 4. The van der Waals surface area contributed by atoms with Gasteiger partial charge in [0.1, 0.15) is 5.82 Å². The predicted molar refractivity (Wildman–Crippen MR) is 78.5 cm³/mol. The quantitative estimate of drug-likeness (QED) is 0.518. The summed E-state index contributed by atoms with van der Waals surface area (Å²) in [4.78, 5) is 42.5. The van der Waals surface area contributed by atoms with Crippen LogP contribution >= 0.6 is 0 Å². The van der Waals surface area contributed by atoms with Crippen molar-refractivity contribution in [2.45, 2.75) is 34.1 Å². The van der Waals surface area contributed by atoms with Crippen molar-refractivity contribution in [2.75, 3.05) is 0 Å². The van der Waals surface area contributed by atoms with Crippen molar-refractivity contribution in [1.29, 1.82) is 0 Å². The summed E-state index contributed by atoms with van der Waals surface area (Å²) in [5.41, 5.74) is 0. The van der Waals surface area contributed by atoms with E-state index < -0.39 is 23.9 Å². The summed E-state index contributed by atoms with van der Waals surface area (Å²) < 4.78 is 0. The molecule has 0 bridgehead atoms. The smallest absolute Gasteiger partial charge is 0.550 e. The topological polar surface area (TPSA) is 189 Å². The number of aromatic amines is 1. The van der Waals surface area contributed by atoms with Crippen LogP contribution in [-0.2, 0) is 25.6 Å². The van der Waals surface area contributed by atoms with Gasteiger partial charge < -0.3 is 44.6 Å². The van der Waals surface area contributed by atoms with Gasteiger partial charge in [-0.2, -0.15) is 0 Å². The Labute approximate surface area is 146 Å². The van der Waals surface area contributed by atoms with Gasteiger partial charge in [-0.25, -0.2) is 4.98 Å². The molecule has 0 aromatic carbocycles. The summed E-state index contributed by atoms with van der Waals surface area (Å²) in [6, 6.07) is 0. The zero-order valence-corrected chi connectivity index (χ0v) is 14.4. The Morgan fingerprint density at radius 3 is 1.40 bits per heavy atom. The van der Waals surface area contributed by atoms with Crippen LogP contribution in [0.5, 0.6) is 0 Å². The Bertz CT molecular complexity index is 406. The van der Waals surface area contributed by atoms with Crippen molar-refractivity contribution < 1.29 is 39.6 Å². The Morgan fingerprint density at radius 1 is 0.960 bits per heavy atom. The second kappa shape index (κ2) is 25.8. The summed E-state index contributed by atoms with van der Waals surface area (Å²) in [6.45, 7) is 7.46. The zero-order chi connectivity index (χ0) is 20.1. The third kappa shape index (κ3) is 158. The number of hydrogen-bond donors (Lipinski definition) is 1.